The first-order valence-corrected chi connectivity index (χ1v) is 7.66. The molecule has 0 radical (unpaired) electrons. The second kappa shape index (κ2) is 7.29. The highest BCUT2D eigenvalue weighted by Crippen LogP contribution is 2.32. The third kappa shape index (κ3) is 3.37. The lowest BCUT2D eigenvalue weighted by Crippen LogP contribution is -2.25. The van der Waals surface area contributed by atoms with Crippen molar-refractivity contribution in [1.29, 1.82) is 0 Å². The van der Waals surface area contributed by atoms with Gasteiger partial charge in [0.25, 0.3) is 5.91 Å². The lowest BCUT2D eigenvalue weighted by atomic mass is 10.0. The molecule has 0 fully saturated rings. The van der Waals surface area contributed by atoms with Crippen molar-refractivity contribution in [2.45, 2.75) is 13.8 Å². The summed E-state index contributed by atoms with van der Waals surface area (Å²) >= 11 is 6.15. The first kappa shape index (κ1) is 17.0. The van der Waals surface area contributed by atoms with Gasteiger partial charge in [-0.1, -0.05) is 35.9 Å². The summed E-state index contributed by atoms with van der Waals surface area (Å²) in [5, 5.41) is 0.510. The van der Waals surface area contributed by atoms with Crippen molar-refractivity contribution in [3.63, 3.8) is 0 Å². The molecule has 0 N–H and O–H groups in total. The summed E-state index contributed by atoms with van der Waals surface area (Å²) in [6.45, 7) is 7.67. The zero-order valence-corrected chi connectivity index (χ0v) is 13.9. The fraction of sp³-hybridized carbons (Fsp3) is 0.222. The summed E-state index contributed by atoms with van der Waals surface area (Å²) in [5.41, 5.74) is 1.80. The Balaban J connectivity index is 2.55. The van der Waals surface area contributed by atoms with Crippen LogP contribution in [0.5, 0.6) is 0 Å². The van der Waals surface area contributed by atoms with E-state index in [1.807, 2.05) is 6.07 Å². The standard InChI is InChI=1S/C18H18ClNO3/c1-4-10-20-12(3)16(18(22)23-5-2)14(17(20)21)11-13-8-6-7-9-15(13)19/h4,6-9,11H,1,5,10H2,2-3H3/b14-11+. The number of hydrogen-bond acceptors (Lipinski definition) is 3. The minimum atomic E-state index is -0.511. The summed E-state index contributed by atoms with van der Waals surface area (Å²) in [7, 11) is 0. The normalized spacial score (nSPS) is 16.2. The number of allylic oxidation sites excluding steroid dienone is 1. The van der Waals surface area contributed by atoms with Gasteiger partial charge in [0.15, 0.2) is 0 Å². The van der Waals surface area contributed by atoms with Crippen LogP contribution < -0.4 is 0 Å². The first-order valence-electron chi connectivity index (χ1n) is 7.28. The number of amides is 1. The molecule has 0 spiro atoms. The maximum absolute atomic E-state index is 12.7. The van der Waals surface area contributed by atoms with Gasteiger partial charge in [-0.15, -0.1) is 6.58 Å². The van der Waals surface area contributed by atoms with E-state index >= 15 is 0 Å². The predicted octanol–water partition coefficient (Wildman–Crippen LogP) is 3.59. The fourth-order valence-corrected chi connectivity index (χ4v) is 2.62. The van der Waals surface area contributed by atoms with E-state index < -0.39 is 5.97 Å². The molecule has 5 heteroatoms. The Morgan fingerprint density at radius 2 is 2.09 bits per heavy atom. The Labute approximate surface area is 140 Å². The lowest BCUT2D eigenvalue weighted by Gasteiger charge is -2.14. The topological polar surface area (TPSA) is 46.6 Å². The lowest BCUT2D eigenvalue weighted by molar-refractivity contribution is -0.138. The highest BCUT2D eigenvalue weighted by atomic mass is 35.5. The number of carbonyl (C=O) groups is 2. The van der Waals surface area contributed by atoms with Crippen LogP contribution in [0.3, 0.4) is 0 Å². The van der Waals surface area contributed by atoms with Gasteiger partial charge in [-0.3, -0.25) is 4.79 Å². The van der Waals surface area contributed by atoms with Crippen molar-refractivity contribution in [2.24, 2.45) is 0 Å². The van der Waals surface area contributed by atoms with Gasteiger partial charge in [-0.2, -0.15) is 0 Å². The number of benzene rings is 1. The van der Waals surface area contributed by atoms with Gasteiger partial charge in [0.05, 0.1) is 17.8 Å². The fourth-order valence-electron chi connectivity index (χ4n) is 2.43. The molecule has 0 bridgehead atoms. The smallest absolute Gasteiger partial charge is 0.340 e. The molecule has 0 saturated heterocycles. The molecule has 23 heavy (non-hydrogen) atoms. The third-order valence-electron chi connectivity index (χ3n) is 3.51. The van der Waals surface area contributed by atoms with Crippen LogP contribution in [0.1, 0.15) is 19.4 Å². The van der Waals surface area contributed by atoms with Gasteiger partial charge in [0.1, 0.15) is 0 Å². The van der Waals surface area contributed by atoms with Crippen LogP contribution >= 0.6 is 11.6 Å². The van der Waals surface area contributed by atoms with E-state index in [1.54, 1.807) is 44.2 Å². The monoisotopic (exact) mass is 331 g/mol. The molecule has 4 nitrogen and oxygen atoms in total. The second-order valence-corrected chi connectivity index (χ2v) is 5.37. The van der Waals surface area contributed by atoms with E-state index in [0.29, 0.717) is 22.8 Å². The van der Waals surface area contributed by atoms with Crippen LogP contribution in [0.25, 0.3) is 6.08 Å². The number of esters is 1. The van der Waals surface area contributed by atoms with Gasteiger partial charge in [-0.25, -0.2) is 4.79 Å². The largest absolute Gasteiger partial charge is 0.462 e. The van der Waals surface area contributed by atoms with Crippen LogP contribution in [0, 0.1) is 0 Å². The molecule has 0 saturated carbocycles. The van der Waals surface area contributed by atoms with Gasteiger partial charge >= 0.3 is 5.97 Å². The summed E-state index contributed by atoms with van der Waals surface area (Å²) in [4.78, 5) is 26.4. The molecule has 0 aromatic heterocycles. The van der Waals surface area contributed by atoms with Gasteiger partial charge in [0, 0.05) is 17.3 Å². The van der Waals surface area contributed by atoms with Crippen molar-refractivity contribution < 1.29 is 14.3 Å². The molecule has 1 aromatic carbocycles. The van der Waals surface area contributed by atoms with Crippen molar-refractivity contribution >= 4 is 29.6 Å². The molecule has 120 valence electrons. The molecular weight excluding hydrogens is 314 g/mol. The van der Waals surface area contributed by atoms with Crippen LogP contribution in [0.2, 0.25) is 5.02 Å². The number of hydrogen-bond donors (Lipinski definition) is 0. The summed E-state index contributed by atoms with van der Waals surface area (Å²) in [5.74, 6) is -0.770. The minimum absolute atomic E-state index is 0.241. The first-order chi connectivity index (χ1) is 11.0. The highest BCUT2D eigenvalue weighted by molar-refractivity contribution is 6.32. The molecule has 0 unspecified atom stereocenters. The average molecular weight is 332 g/mol. The van der Waals surface area contributed by atoms with E-state index in [2.05, 4.69) is 6.58 Å². The van der Waals surface area contributed by atoms with Crippen molar-refractivity contribution in [3.8, 4) is 0 Å². The molecule has 1 heterocycles. The van der Waals surface area contributed by atoms with Crippen molar-refractivity contribution in [1.82, 2.24) is 4.90 Å². The molecule has 0 aliphatic carbocycles. The van der Waals surface area contributed by atoms with E-state index in [9.17, 15) is 9.59 Å². The highest BCUT2D eigenvalue weighted by Gasteiger charge is 2.36. The van der Waals surface area contributed by atoms with Crippen LogP contribution in [-0.4, -0.2) is 29.9 Å². The van der Waals surface area contributed by atoms with Crippen molar-refractivity contribution in [3.05, 3.63) is 64.3 Å². The molecule has 1 aliphatic heterocycles. The number of nitrogens with zero attached hydrogens (tertiary/aromatic N) is 1. The molecular formula is C18H18ClNO3. The molecule has 1 aliphatic rings. The zero-order valence-electron chi connectivity index (χ0n) is 13.1. The van der Waals surface area contributed by atoms with Gasteiger partial charge in [-0.05, 0) is 31.6 Å². The van der Waals surface area contributed by atoms with Crippen molar-refractivity contribution in [2.75, 3.05) is 13.2 Å². The molecule has 1 amide bonds. The summed E-state index contributed by atoms with van der Waals surface area (Å²) < 4.78 is 5.09. The molecule has 0 atom stereocenters. The Hall–Kier alpha value is -2.33. The summed E-state index contributed by atoms with van der Waals surface area (Å²) in [6, 6.07) is 7.14. The summed E-state index contributed by atoms with van der Waals surface area (Å²) in [6.07, 6.45) is 3.24. The second-order valence-electron chi connectivity index (χ2n) is 4.96. The van der Waals surface area contributed by atoms with E-state index in [0.717, 1.165) is 0 Å². The minimum Gasteiger partial charge on any atom is -0.462 e. The number of ether oxygens (including phenoxy) is 1. The number of rotatable bonds is 5. The number of halogens is 1. The Bertz CT molecular complexity index is 719. The van der Waals surface area contributed by atoms with Gasteiger partial charge < -0.3 is 9.64 Å². The SMILES string of the molecule is C=CCN1C(=O)/C(=C/c2ccccc2Cl)C(C(=O)OCC)=C1C. The average Bonchev–Trinajstić information content (AvgIpc) is 2.75. The quantitative estimate of drug-likeness (QED) is 0.470. The van der Waals surface area contributed by atoms with Crippen LogP contribution in [0.4, 0.5) is 0 Å². The zero-order chi connectivity index (χ0) is 17.0. The predicted molar refractivity (Wildman–Crippen MR) is 90.7 cm³/mol. The Morgan fingerprint density at radius 1 is 1.39 bits per heavy atom. The van der Waals surface area contributed by atoms with Crippen LogP contribution in [0.15, 0.2) is 53.8 Å². The Morgan fingerprint density at radius 3 is 2.70 bits per heavy atom. The van der Waals surface area contributed by atoms with Gasteiger partial charge in [0.2, 0.25) is 0 Å². The third-order valence-corrected chi connectivity index (χ3v) is 3.85. The Kier molecular flexibility index (Phi) is 5.40. The van der Waals surface area contributed by atoms with Crippen LogP contribution in [-0.2, 0) is 14.3 Å². The maximum atomic E-state index is 12.7. The van der Waals surface area contributed by atoms with E-state index in [1.165, 1.54) is 4.90 Å². The molecule has 2 rings (SSSR count). The van der Waals surface area contributed by atoms with E-state index in [-0.39, 0.29) is 23.7 Å². The maximum Gasteiger partial charge on any atom is 0.340 e. The van der Waals surface area contributed by atoms with E-state index in [4.69, 9.17) is 16.3 Å². The number of carbonyl (C=O) groups excluding carboxylic acids is 2. The molecule has 1 aromatic rings.